The Bertz CT molecular complexity index is 786. The predicted molar refractivity (Wildman–Crippen MR) is 98.4 cm³/mol. The van der Waals surface area contributed by atoms with Crippen LogP contribution in [-0.2, 0) is 10.0 Å². The van der Waals surface area contributed by atoms with E-state index in [1.165, 1.54) is 0 Å². The van der Waals surface area contributed by atoms with Gasteiger partial charge in [-0.2, -0.15) is 0 Å². The highest BCUT2D eigenvalue weighted by atomic mass is 32.2. The zero-order valence-electron chi connectivity index (χ0n) is 14.5. The van der Waals surface area contributed by atoms with Gasteiger partial charge in [-0.05, 0) is 68.3 Å². The van der Waals surface area contributed by atoms with Gasteiger partial charge in [0.2, 0.25) is 0 Å². The minimum Gasteiger partial charge on any atom is -0.497 e. The van der Waals surface area contributed by atoms with Crippen molar-refractivity contribution >= 4 is 21.4 Å². The maximum atomic E-state index is 12.6. The molecular weight excluding hydrogens is 324 g/mol. The number of rotatable bonds is 7. The molecule has 130 valence electrons. The van der Waals surface area contributed by atoms with Crippen molar-refractivity contribution < 1.29 is 13.2 Å². The summed E-state index contributed by atoms with van der Waals surface area (Å²) in [5, 5.41) is 3.34. The predicted octanol–water partition coefficient (Wildman–Crippen LogP) is 4.01. The summed E-state index contributed by atoms with van der Waals surface area (Å²) in [7, 11) is -2.08. The Morgan fingerprint density at radius 3 is 2.25 bits per heavy atom. The standard InChI is InChI=1S/C18H24N2O3S/c1-5-14(3)19-15-6-8-16(9-7-15)20-24(21,22)18-11-10-17(23-4)12-13(18)2/h6-12,14,19-20H,5H2,1-4H3. The topological polar surface area (TPSA) is 67.4 Å². The summed E-state index contributed by atoms with van der Waals surface area (Å²) < 4.78 is 32.9. The summed E-state index contributed by atoms with van der Waals surface area (Å²) in [5.41, 5.74) is 2.13. The molecule has 1 unspecified atom stereocenters. The third-order valence-electron chi connectivity index (χ3n) is 3.83. The second-order valence-electron chi connectivity index (χ2n) is 5.77. The molecule has 0 saturated heterocycles. The van der Waals surface area contributed by atoms with Gasteiger partial charge in [0.15, 0.2) is 0 Å². The van der Waals surface area contributed by atoms with Crippen molar-refractivity contribution in [1.29, 1.82) is 0 Å². The molecule has 0 aromatic heterocycles. The van der Waals surface area contributed by atoms with Crippen LogP contribution in [0.4, 0.5) is 11.4 Å². The van der Waals surface area contributed by atoms with Gasteiger partial charge in [0, 0.05) is 17.4 Å². The molecule has 2 N–H and O–H groups in total. The number of benzene rings is 2. The smallest absolute Gasteiger partial charge is 0.262 e. The largest absolute Gasteiger partial charge is 0.497 e. The first-order valence-corrected chi connectivity index (χ1v) is 9.38. The fourth-order valence-corrected chi connectivity index (χ4v) is 3.57. The first-order chi connectivity index (χ1) is 11.4. The highest BCUT2D eigenvalue weighted by molar-refractivity contribution is 7.92. The average Bonchev–Trinajstić information content (AvgIpc) is 2.55. The lowest BCUT2D eigenvalue weighted by molar-refractivity contribution is 0.414. The third-order valence-corrected chi connectivity index (χ3v) is 5.38. The zero-order chi connectivity index (χ0) is 17.7. The van der Waals surface area contributed by atoms with E-state index in [1.54, 1.807) is 44.4 Å². The molecule has 0 aliphatic rings. The van der Waals surface area contributed by atoms with Gasteiger partial charge in [0.05, 0.1) is 12.0 Å². The Hall–Kier alpha value is -2.21. The molecule has 0 aliphatic heterocycles. The van der Waals surface area contributed by atoms with E-state index in [9.17, 15) is 8.42 Å². The van der Waals surface area contributed by atoms with Crippen molar-refractivity contribution in [2.45, 2.75) is 38.1 Å². The second kappa shape index (κ2) is 7.57. The molecule has 2 aromatic carbocycles. The average molecular weight is 348 g/mol. The van der Waals surface area contributed by atoms with Crippen LogP contribution < -0.4 is 14.8 Å². The Balaban J connectivity index is 2.17. The van der Waals surface area contributed by atoms with Gasteiger partial charge in [-0.3, -0.25) is 4.72 Å². The number of methoxy groups -OCH3 is 1. The van der Waals surface area contributed by atoms with Crippen molar-refractivity contribution in [3.05, 3.63) is 48.0 Å². The van der Waals surface area contributed by atoms with Crippen LogP contribution in [-0.4, -0.2) is 21.6 Å². The van der Waals surface area contributed by atoms with Gasteiger partial charge in [0.25, 0.3) is 10.0 Å². The lowest BCUT2D eigenvalue weighted by atomic mass is 10.2. The van der Waals surface area contributed by atoms with Crippen LogP contribution in [0.2, 0.25) is 0 Å². The number of hydrogen-bond acceptors (Lipinski definition) is 4. The minimum absolute atomic E-state index is 0.241. The normalized spacial score (nSPS) is 12.5. The van der Waals surface area contributed by atoms with E-state index in [4.69, 9.17) is 4.74 Å². The van der Waals surface area contributed by atoms with E-state index in [2.05, 4.69) is 23.9 Å². The quantitative estimate of drug-likeness (QED) is 0.793. The fourth-order valence-electron chi connectivity index (χ4n) is 2.28. The Kier molecular flexibility index (Phi) is 5.72. The zero-order valence-corrected chi connectivity index (χ0v) is 15.3. The van der Waals surface area contributed by atoms with Crippen molar-refractivity contribution in [2.75, 3.05) is 17.1 Å². The summed E-state index contributed by atoms with van der Waals surface area (Å²) in [4.78, 5) is 0.241. The molecule has 6 heteroatoms. The molecule has 1 atom stereocenters. The molecular formula is C18H24N2O3S. The van der Waals surface area contributed by atoms with Gasteiger partial charge in [-0.15, -0.1) is 0 Å². The minimum atomic E-state index is -3.64. The van der Waals surface area contributed by atoms with Crippen molar-refractivity contribution in [3.63, 3.8) is 0 Å². The van der Waals surface area contributed by atoms with E-state index in [0.717, 1.165) is 12.1 Å². The maximum absolute atomic E-state index is 12.6. The van der Waals surface area contributed by atoms with Crippen LogP contribution >= 0.6 is 0 Å². The van der Waals surface area contributed by atoms with Crippen LogP contribution in [0.3, 0.4) is 0 Å². The molecule has 0 spiro atoms. The number of hydrogen-bond donors (Lipinski definition) is 2. The van der Waals surface area contributed by atoms with Crippen molar-refractivity contribution in [3.8, 4) is 5.75 Å². The van der Waals surface area contributed by atoms with Gasteiger partial charge < -0.3 is 10.1 Å². The van der Waals surface area contributed by atoms with E-state index >= 15 is 0 Å². The Labute approximate surface area is 144 Å². The monoisotopic (exact) mass is 348 g/mol. The molecule has 0 bridgehead atoms. The first kappa shape index (κ1) is 18.1. The van der Waals surface area contributed by atoms with Crippen LogP contribution in [0, 0.1) is 6.92 Å². The number of nitrogens with one attached hydrogen (secondary N) is 2. The molecule has 0 heterocycles. The summed E-state index contributed by atoms with van der Waals surface area (Å²) in [6.45, 7) is 5.96. The molecule has 24 heavy (non-hydrogen) atoms. The Morgan fingerprint density at radius 1 is 1.08 bits per heavy atom. The van der Waals surface area contributed by atoms with Crippen molar-refractivity contribution in [1.82, 2.24) is 0 Å². The molecule has 2 rings (SSSR count). The lowest BCUT2D eigenvalue weighted by Crippen LogP contribution is -2.15. The van der Waals surface area contributed by atoms with Crippen LogP contribution in [0.1, 0.15) is 25.8 Å². The summed E-state index contributed by atoms with van der Waals surface area (Å²) >= 11 is 0. The van der Waals surface area contributed by atoms with Crippen molar-refractivity contribution in [2.24, 2.45) is 0 Å². The third kappa shape index (κ3) is 4.41. The first-order valence-electron chi connectivity index (χ1n) is 7.89. The maximum Gasteiger partial charge on any atom is 0.262 e. The van der Waals surface area contributed by atoms with Crippen LogP contribution in [0.25, 0.3) is 0 Å². The fraction of sp³-hybridized carbons (Fsp3) is 0.333. The van der Waals surface area contributed by atoms with Crippen LogP contribution in [0.15, 0.2) is 47.4 Å². The highest BCUT2D eigenvalue weighted by Gasteiger charge is 2.17. The second-order valence-corrected chi connectivity index (χ2v) is 7.42. The lowest BCUT2D eigenvalue weighted by Gasteiger charge is -2.14. The molecule has 0 radical (unpaired) electrons. The summed E-state index contributed by atoms with van der Waals surface area (Å²) in [5.74, 6) is 0.631. The summed E-state index contributed by atoms with van der Waals surface area (Å²) in [6, 6.07) is 12.5. The van der Waals surface area contributed by atoms with Gasteiger partial charge in [0.1, 0.15) is 5.75 Å². The van der Waals surface area contributed by atoms with Gasteiger partial charge >= 0.3 is 0 Å². The number of sulfonamides is 1. The molecule has 5 nitrogen and oxygen atoms in total. The van der Waals surface area contributed by atoms with E-state index in [-0.39, 0.29) is 4.90 Å². The molecule has 0 saturated carbocycles. The molecule has 0 aliphatic carbocycles. The van der Waals surface area contributed by atoms with Crippen LogP contribution in [0.5, 0.6) is 5.75 Å². The molecule has 0 amide bonds. The van der Waals surface area contributed by atoms with Gasteiger partial charge in [-0.1, -0.05) is 6.92 Å². The van der Waals surface area contributed by atoms with E-state index < -0.39 is 10.0 Å². The van der Waals surface area contributed by atoms with E-state index in [0.29, 0.717) is 23.0 Å². The SMILES string of the molecule is CCC(C)Nc1ccc(NS(=O)(=O)c2ccc(OC)cc2C)cc1. The molecule has 2 aromatic rings. The number of aryl methyl sites for hydroxylation is 1. The Morgan fingerprint density at radius 2 is 1.71 bits per heavy atom. The van der Waals surface area contributed by atoms with E-state index in [1.807, 2.05) is 12.1 Å². The number of ether oxygens (including phenoxy) is 1. The highest BCUT2D eigenvalue weighted by Crippen LogP contribution is 2.24. The molecule has 0 fully saturated rings. The summed E-state index contributed by atoms with van der Waals surface area (Å²) in [6.07, 6.45) is 1.02. The van der Waals surface area contributed by atoms with Gasteiger partial charge in [-0.25, -0.2) is 8.42 Å². The number of anilines is 2.